The van der Waals surface area contributed by atoms with Crippen LogP contribution in [0.5, 0.6) is 5.75 Å². The summed E-state index contributed by atoms with van der Waals surface area (Å²) in [5, 5.41) is 0.686. The lowest BCUT2D eigenvalue weighted by atomic mass is 10.1. The Morgan fingerprint density at radius 2 is 1.87 bits per heavy atom. The van der Waals surface area contributed by atoms with E-state index in [4.69, 9.17) is 16.3 Å². The minimum atomic E-state index is -3.71. The number of amides is 1. The first-order valence-electron chi connectivity index (χ1n) is 10.2. The summed E-state index contributed by atoms with van der Waals surface area (Å²) in [5.74, 6) is 0.277. The van der Waals surface area contributed by atoms with E-state index in [0.717, 1.165) is 23.4 Å². The number of sulfonamides is 1. The molecule has 0 bridgehead atoms. The predicted octanol–water partition coefficient (Wildman–Crippen LogP) is 3.92. The van der Waals surface area contributed by atoms with Gasteiger partial charge >= 0.3 is 0 Å². The molecule has 0 atom stereocenters. The van der Waals surface area contributed by atoms with E-state index in [9.17, 15) is 17.6 Å². The SMILES string of the molecule is Cc1cc(OCCCC(=O)N2CCC(NS(=O)(=O)c3ccc(F)cc3)CC2)ccc1Cl. The fourth-order valence-electron chi connectivity index (χ4n) is 3.43. The molecule has 6 nitrogen and oxygen atoms in total. The molecule has 9 heteroatoms. The molecule has 0 aromatic heterocycles. The van der Waals surface area contributed by atoms with Crippen LogP contribution < -0.4 is 9.46 Å². The van der Waals surface area contributed by atoms with Crippen molar-refractivity contribution < 1.29 is 22.3 Å². The van der Waals surface area contributed by atoms with Gasteiger partial charge in [-0.1, -0.05) is 11.6 Å². The highest BCUT2D eigenvalue weighted by atomic mass is 35.5. The molecule has 0 saturated carbocycles. The van der Waals surface area contributed by atoms with E-state index in [2.05, 4.69) is 4.72 Å². The van der Waals surface area contributed by atoms with E-state index < -0.39 is 15.8 Å². The van der Waals surface area contributed by atoms with Gasteiger partial charge in [0.1, 0.15) is 11.6 Å². The first-order valence-corrected chi connectivity index (χ1v) is 12.1. The number of nitrogens with zero attached hydrogens (tertiary/aromatic N) is 1. The molecule has 0 radical (unpaired) electrons. The van der Waals surface area contributed by atoms with Gasteiger partial charge < -0.3 is 9.64 Å². The first kappa shape index (κ1) is 23.5. The minimum Gasteiger partial charge on any atom is -0.494 e. The summed E-state index contributed by atoms with van der Waals surface area (Å²) in [5.41, 5.74) is 0.938. The van der Waals surface area contributed by atoms with Gasteiger partial charge in [-0.25, -0.2) is 17.5 Å². The number of hydrogen-bond donors (Lipinski definition) is 1. The second-order valence-electron chi connectivity index (χ2n) is 7.59. The number of nitrogens with one attached hydrogen (secondary N) is 1. The molecule has 1 aliphatic rings. The van der Waals surface area contributed by atoms with Crippen molar-refractivity contribution in [1.29, 1.82) is 0 Å². The summed E-state index contributed by atoms with van der Waals surface area (Å²) in [6, 6.07) is 9.91. The Kier molecular flexibility index (Phi) is 7.91. The Hall–Kier alpha value is -2.16. The molecule has 1 N–H and O–H groups in total. The normalized spacial score (nSPS) is 15.1. The van der Waals surface area contributed by atoms with Crippen molar-refractivity contribution in [2.75, 3.05) is 19.7 Å². The zero-order valence-corrected chi connectivity index (χ0v) is 18.9. The molecule has 168 valence electrons. The number of aryl methyl sites for hydroxylation is 1. The maximum Gasteiger partial charge on any atom is 0.240 e. The van der Waals surface area contributed by atoms with Crippen LogP contribution >= 0.6 is 11.6 Å². The fraction of sp³-hybridized carbons (Fsp3) is 0.409. The van der Waals surface area contributed by atoms with Gasteiger partial charge in [-0.05, 0) is 74.2 Å². The summed E-state index contributed by atoms with van der Waals surface area (Å²) < 4.78 is 46.2. The Morgan fingerprint density at radius 1 is 1.19 bits per heavy atom. The highest BCUT2D eigenvalue weighted by molar-refractivity contribution is 7.89. The first-order chi connectivity index (χ1) is 14.7. The summed E-state index contributed by atoms with van der Waals surface area (Å²) >= 11 is 5.99. The molecular weight excluding hydrogens is 443 g/mol. The molecule has 1 fully saturated rings. The van der Waals surface area contributed by atoms with Gasteiger partial charge in [0.15, 0.2) is 0 Å². The number of ether oxygens (including phenoxy) is 1. The molecule has 0 aliphatic carbocycles. The second-order valence-corrected chi connectivity index (χ2v) is 9.71. The van der Waals surface area contributed by atoms with Crippen molar-refractivity contribution in [1.82, 2.24) is 9.62 Å². The van der Waals surface area contributed by atoms with Gasteiger partial charge in [0.05, 0.1) is 11.5 Å². The van der Waals surface area contributed by atoms with Gasteiger partial charge in [0, 0.05) is 30.6 Å². The van der Waals surface area contributed by atoms with Crippen LogP contribution in [0.3, 0.4) is 0 Å². The molecule has 0 unspecified atom stereocenters. The largest absolute Gasteiger partial charge is 0.494 e. The van der Waals surface area contributed by atoms with E-state index in [1.807, 2.05) is 13.0 Å². The summed E-state index contributed by atoms with van der Waals surface area (Å²) in [6.07, 6.45) is 2.04. The number of hydrogen-bond acceptors (Lipinski definition) is 4. The molecule has 1 amide bonds. The number of carbonyl (C=O) groups excluding carboxylic acids is 1. The second kappa shape index (κ2) is 10.4. The minimum absolute atomic E-state index is 0.0308. The van der Waals surface area contributed by atoms with E-state index in [-0.39, 0.29) is 16.8 Å². The number of halogens is 2. The summed E-state index contributed by atoms with van der Waals surface area (Å²) in [6.45, 7) is 3.32. The van der Waals surface area contributed by atoms with Crippen LogP contribution in [-0.4, -0.2) is 45.0 Å². The van der Waals surface area contributed by atoms with Crippen molar-refractivity contribution in [3.63, 3.8) is 0 Å². The maximum absolute atomic E-state index is 13.0. The van der Waals surface area contributed by atoms with E-state index in [1.165, 1.54) is 12.1 Å². The Labute approximate surface area is 187 Å². The molecular formula is C22H26ClFN2O4S. The molecule has 2 aromatic carbocycles. The maximum atomic E-state index is 13.0. The van der Waals surface area contributed by atoms with E-state index >= 15 is 0 Å². The number of benzene rings is 2. The molecule has 31 heavy (non-hydrogen) atoms. The number of piperidine rings is 1. The lowest BCUT2D eigenvalue weighted by molar-refractivity contribution is -0.132. The third kappa shape index (κ3) is 6.66. The van der Waals surface area contributed by atoms with Crippen LogP contribution in [-0.2, 0) is 14.8 Å². The van der Waals surface area contributed by atoms with E-state index in [0.29, 0.717) is 50.4 Å². The topological polar surface area (TPSA) is 75.7 Å². The van der Waals surface area contributed by atoms with Gasteiger partial charge in [-0.3, -0.25) is 4.79 Å². The Balaban J connectivity index is 1.39. The van der Waals surface area contributed by atoms with E-state index in [1.54, 1.807) is 17.0 Å². The Bertz CT molecular complexity index is 1010. The summed E-state index contributed by atoms with van der Waals surface area (Å²) in [7, 11) is -3.71. The molecule has 1 saturated heterocycles. The van der Waals surface area contributed by atoms with Gasteiger partial charge in [0.2, 0.25) is 15.9 Å². The third-order valence-corrected chi connectivity index (χ3v) is 7.19. The highest BCUT2D eigenvalue weighted by Gasteiger charge is 2.26. The summed E-state index contributed by atoms with van der Waals surface area (Å²) in [4.78, 5) is 14.2. The van der Waals surface area contributed by atoms with Crippen LogP contribution in [0.25, 0.3) is 0 Å². The monoisotopic (exact) mass is 468 g/mol. The van der Waals surface area contributed by atoms with Crippen molar-refractivity contribution in [2.45, 2.75) is 43.5 Å². The molecule has 2 aromatic rings. The van der Waals surface area contributed by atoms with Gasteiger partial charge in [-0.15, -0.1) is 0 Å². The Morgan fingerprint density at radius 3 is 2.52 bits per heavy atom. The van der Waals surface area contributed by atoms with Crippen LogP contribution in [0.1, 0.15) is 31.2 Å². The van der Waals surface area contributed by atoms with Crippen molar-refractivity contribution in [3.8, 4) is 5.75 Å². The van der Waals surface area contributed by atoms with Crippen LogP contribution in [0.15, 0.2) is 47.4 Å². The predicted molar refractivity (Wildman–Crippen MR) is 117 cm³/mol. The quantitative estimate of drug-likeness (QED) is 0.596. The zero-order chi connectivity index (χ0) is 22.4. The van der Waals surface area contributed by atoms with Crippen molar-refractivity contribution in [3.05, 3.63) is 58.9 Å². The smallest absolute Gasteiger partial charge is 0.240 e. The molecule has 1 aliphatic heterocycles. The fourth-order valence-corrected chi connectivity index (χ4v) is 4.85. The zero-order valence-electron chi connectivity index (χ0n) is 17.3. The van der Waals surface area contributed by atoms with Crippen LogP contribution in [0, 0.1) is 12.7 Å². The van der Waals surface area contributed by atoms with Crippen LogP contribution in [0.2, 0.25) is 5.02 Å². The van der Waals surface area contributed by atoms with Gasteiger partial charge in [-0.2, -0.15) is 0 Å². The highest BCUT2D eigenvalue weighted by Crippen LogP contribution is 2.21. The molecule has 0 spiro atoms. The van der Waals surface area contributed by atoms with Crippen LogP contribution in [0.4, 0.5) is 4.39 Å². The number of carbonyl (C=O) groups is 1. The van der Waals surface area contributed by atoms with Crippen molar-refractivity contribution >= 4 is 27.5 Å². The number of likely N-dealkylation sites (tertiary alicyclic amines) is 1. The van der Waals surface area contributed by atoms with Gasteiger partial charge in [0.25, 0.3) is 0 Å². The third-order valence-electron chi connectivity index (χ3n) is 5.23. The van der Waals surface area contributed by atoms with Crippen molar-refractivity contribution in [2.24, 2.45) is 0 Å². The molecule has 1 heterocycles. The number of rotatable bonds is 8. The molecule has 3 rings (SSSR count). The average molecular weight is 469 g/mol. The lowest BCUT2D eigenvalue weighted by Gasteiger charge is -2.32. The standard InChI is InChI=1S/C22H26ClFN2O4S/c1-16-15-19(6-9-21(16)23)30-14-2-3-22(27)26-12-10-18(11-13-26)25-31(28,29)20-7-4-17(24)5-8-20/h4-9,15,18,25H,2-3,10-14H2,1H3. The lowest BCUT2D eigenvalue weighted by Crippen LogP contribution is -2.46. The average Bonchev–Trinajstić information content (AvgIpc) is 2.74.